The first-order chi connectivity index (χ1) is 10.8. The van der Waals surface area contributed by atoms with Gasteiger partial charge in [0.2, 0.25) is 0 Å². The van der Waals surface area contributed by atoms with Crippen LogP contribution in [0, 0.1) is 11.8 Å². The molecule has 0 fully saturated rings. The maximum Gasteiger partial charge on any atom is 0.252 e. The summed E-state index contributed by atoms with van der Waals surface area (Å²) in [6.07, 6.45) is 3.07. The van der Waals surface area contributed by atoms with Gasteiger partial charge < -0.3 is 5.32 Å². The van der Waals surface area contributed by atoms with Crippen molar-refractivity contribution in [3.8, 4) is 11.8 Å². The molecule has 2 aromatic rings. The van der Waals surface area contributed by atoms with Crippen LogP contribution in [0.1, 0.15) is 48.1 Å². The zero-order valence-corrected chi connectivity index (χ0v) is 12.9. The highest BCUT2D eigenvalue weighted by Gasteiger charge is 2.12. The van der Waals surface area contributed by atoms with Crippen LogP contribution in [0.3, 0.4) is 0 Å². The number of benzene rings is 2. The summed E-state index contributed by atoms with van der Waals surface area (Å²) >= 11 is 0. The van der Waals surface area contributed by atoms with Crippen LogP contribution >= 0.6 is 0 Å². The number of hydrogen-bond donors (Lipinski definition) is 1. The second-order valence-corrected chi connectivity index (χ2v) is 5.11. The number of amides is 1. The Morgan fingerprint density at radius 1 is 1.05 bits per heavy atom. The number of rotatable bonds is 5. The molecule has 2 aromatic carbocycles. The summed E-state index contributed by atoms with van der Waals surface area (Å²) in [7, 11) is 0. The van der Waals surface area contributed by atoms with E-state index in [4.69, 9.17) is 0 Å². The lowest BCUT2D eigenvalue weighted by molar-refractivity contribution is 0.0945. The lowest BCUT2D eigenvalue weighted by Crippen LogP contribution is -2.27. The highest BCUT2D eigenvalue weighted by molar-refractivity contribution is 5.94. The van der Waals surface area contributed by atoms with Gasteiger partial charge in [0.15, 0.2) is 0 Å². The topological polar surface area (TPSA) is 29.1 Å². The van der Waals surface area contributed by atoms with Crippen LogP contribution in [0.2, 0.25) is 0 Å². The fourth-order valence-corrected chi connectivity index (χ4v) is 2.09. The molecule has 2 heteroatoms. The molecule has 0 aliphatic heterocycles. The van der Waals surface area contributed by atoms with Gasteiger partial charge in [-0.15, -0.1) is 5.92 Å². The van der Waals surface area contributed by atoms with Crippen molar-refractivity contribution < 1.29 is 4.79 Å². The Hall–Kier alpha value is -2.53. The molecule has 0 saturated heterocycles. The summed E-state index contributed by atoms with van der Waals surface area (Å²) < 4.78 is 0. The van der Waals surface area contributed by atoms with E-state index in [1.165, 1.54) is 0 Å². The molecule has 0 aliphatic rings. The third-order valence-corrected chi connectivity index (χ3v) is 3.35. The van der Waals surface area contributed by atoms with Gasteiger partial charge in [-0.3, -0.25) is 4.79 Å². The van der Waals surface area contributed by atoms with E-state index >= 15 is 0 Å². The third kappa shape index (κ3) is 4.79. The van der Waals surface area contributed by atoms with E-state index in [9.17, 15) is 4.79 Å². The fraction of sp³-hybridized carbons (Fsp3) is 0.250. The molecule has 1 amide bonds. The first-order valence-corrected chi connectivity index (χ1v) is 7.70. The number of hydrogen-bond acceptors (Lipinski definition) is 1. The van der Waals surface area contributed by atoms with Crippen LogP contribution in [0.15, 0.2) is 60.7 Å². The molecule has 0 spiro atoms. The van der Waals surface area contributed by atoms with Crippen molar-refractivity contribution in [2.24, 2.45) is 0 Å². The molecule has 112 valence electrons. The number of carbonyl (C=O) groups is 1. The van der Waals surface area contributed by atoms with E-state index in [-0.39, 0.29) is 11.9 Å². The van der Waals surface area contributed by atoms with Crippen molar-refractivity contribution in [2.75, 3.05) is 0 Å². The van der Waals surface area contributed by atoms with E-state index in [1.54, 1.807) is 0 Å². The molecule has 1 unspecified atom stereocenters. The zero-order valence-electron chi connectivity index (χ0n) is 12.9. The van der Waals surface area contributed by atoms with Crippen molar-refractivity contribution in [1.82, 2.24) is 5.32 Å². The average molecular weight is 291 g/mol. The molecule has 22 heavy (non-hydrogen) atoms. The molecular weight excluding hydrogens is 270 g/mol. The molecule has 0 saturated carbocycles. The predicted octanol–water partition coefficient (Wildman–Crippen LogP) is 4.35. The normalized spacial score (nSPS) is 11.1. The second kappa shape index (κ2) is 8.69. The SMILES string of the molecule is CCCCC#CC(NC(=O)c1ccccc1)c1ccccc1. The number of carbonyl (C=O) groups excluding carboxylic acids is 1. The van der Waals surface area contributed by atoms with Crippen molar-refractivity contribution in [2.45, 2.75) is 32.2 Å². The van der Waals surface area contributed by atoms with Crippen LogP contribution in [0.25, 0.3) is 0 Å². The molecule has 2 rings (SSSR count). The van der Waals surface area contributed by atoms with E-state index in [0.717, 1.165) is 24.8 Å². The minimum Gasteiger partial charge on any atom is -0.334 e. The minimum atomic E-state index is -0.272. The van der Waals surface area contributed by atoms with Gasteiger partial charge in [-0.05, 0) is 24.1 Å². The highest BCUT2D eigenvalue weighted by atomic mass is 16.1. The maximum atomic E-state index is 12.3. The molecular formula is C20H21NO. The van der Waals surface area contributed by atoms with Gasteiger partial charge in [-0.2, -0.15) is 0 Å². The van der Waals surface area contributed by atoms with Gasteiger partial charge in [0.1, 0.15) is 6.04 Å². The summed E-state index contributed by atoms with van der Waals surface area (Å²) in [5, 5.41) is 3.01. The zero-order chi connectivity index (χ0) is 15.6. The summed E-state index contributed by atoms with van der Waals surface area (Å²) in [5.41, 5.74) is 1.66. The summed E-state index contributed by atoms with van der Waals surface area (Å²) in [6.45, 7) is 2.15. The summed E-state index contributed by atoms with van der Waals surface area (Å²) in [6, 6.07) is 18.8. The van der Waals surface area contributed by atoms with E-state index in [1.807, 2.05) is 60.7 Å². The van der Waals surface area contributed by atoms with Crippen molar-refractivity contribution in [3.05, 3.63) is 71.8 Å². The third-order valence-electron chi connectivity index (χ3n) is 3.35. The van der Waals surface area contributed by atoms with E-state index in [2.05, 4.69) is 24.1 Å². The lowest BCUT2D eigenvalue weighted by Gasteiger charge is -2.13. The van der Waals surface area contributed by atoms with E-state index < -0.39 is 0 Å². The fourth-order valence-electron chi connectivity index (χ4n) is 2.09. The lowest BCUT2D eigenvalue weighted by atomic mass is 10.1. The summed E-state index contributed by atoms with van der Waals surface area (Å²) in [5.74, 6) is 6.27. The molecule has 1 atom stereocenters. The standard InChI is InChI=1S/C20H21NO/c1-2-3-4-11-16-19(17-12-7-5-8-13-17)21-20(22)18-14-9-6-10-15-18/h5-10,12-15,19H,2-4H2,1H3,(H,21,22). The molecule has 0 radical (unpaired) electrons. The molecule has 1 N–H and O–H groups in total. The molecule has 0 heterocycles. The maximum absolute atomic E-state index is 12.3. The van der Waals surface area contributed by atoms with Crippen LogP contribution in [-0.2, 0) is 0 Å². The van der Waals surface area contributed by atoms with Gasteiger partial charge >= 0.3 is 0 Å². The smallest absolute Gasteiger partial charge is 0.252 e. The molecule has 0 aliphatic carbocycles. The monoisotopic (exact) mass is 291 g/mol. The Kier molecular flexibility index (Phi) is 6.26. The van der Waals surface area contributed by atoms with Gasteiger partial charge in [-0.1, -0.05) is 67.8 Å². The van der Waals surface area contributed by atoms with Crippen LogP contribution in [0.5, 0.6) is 0 Å². The number of nitrogens with one attached hydrogen (secondary N) is 1. The summed E-state index contributed by atoms with van der Waals surface area (Å²) in [4.78, 5) is 12.3. The van der Waals surface area contributed by atoms with Gasteiger partial charge in [0.25, 0.3) is 5.91 Å². The molecule has 2 nitrogen and oxygen atoms in total. The average Bonchev–Trinajstić information content (AvgIpc) is 2.59. The predicted molar refractivity (Wildman–Crippen MR) is 90.4 cm³/mol. The Labute approximate surface area is 132 Å². The Balaban J connectivity index is 2.14. The first-order valence-electron chi connectivity index (χ1n) is 7.70. The number of unbranched alkanes of at least 4 members (excludes halogenated alkanes) is 2. The van der Waals surface area contributed by atoms with Crippen molar-refractivity contribution in [1.29, 1.82) is 0 Å². The second-order valence-electron chi connectivity index (χ2n) is 5.11. The Bertz CT molecular complexity index is 638. The van der Waals surface area contributed by atoms with Crippen molar-refractivity contribution in [3.63, 3.8) is 0 Å². The van der Waals surface area contributed by atoms with Crippen molar-refractivity contribution >= 4 is 5.91 Å². The van der Waals surface area contributed by atoms with Gasteiger partial charge in [0.05, 0.1) is 0 Å². The molecule has 0 bridgehead atoms. The van der Waals surface area contributed by atoms with E-state index in [0.29, 0.717) is 5.56 Å². The first kappa shape index (κ1) is 15.9. The van der Waals surface area contributed by atoms with Crippen LogP contribution in [-0.4, -0.2) is 5.91 Å². The minimum absolute atomic E-state index is 0.0979. The quantitative estimate of drug-likeness (QED) is 0.644. The highest BCUT2D eigenvalue weighted by Crippen LogP contribution is 2.13. The van der Waals surface area contributed by atoms with Crippen LogP contribution in [0.4, 0.5) is 0 Å². The molecule has 0 aromatic heterocycles. The Morgan fingerprint density at radius 2 is 1.68 bits per heavy atom. The Morgan fingerprint density at radius 3 is 2.32 bits per heavy atom. The largest absolute Gasteiger partial charge is 0.334 e. The van der Waals surface area contributed by atoms with Crippen LogP contribution < -0.4 is 5.32 Å². The van der Waals surface area contributed by atoms with Gasteiger partial charge in [-0.25, -0.2) is 0 Å². The van der Waals surface area contributed by atoms with Gasteiger partial charge in [0, 0.05) is 12.0 Å².